The zero-order chi connectivity index (χ0) is 29.4. The largest absolute Gasteiger partial charge is 0.381 e. The lowest BCUT2D eigenvalue weighted by Gasteiger charge is -2.21. The highest BCUT2D eigenvalue weighted by Gasteiger charge is 2.23. The van der Waals surface area contributed by atoms with Gasteiger partial charge in [0.2, 0.25) is 0 Å². The van der Waals surface area contributed by atoms with E-state index in [-0.39, 0.29) is 16.9 Å². The van der Waals surface area contributed by atoms with E-state index in [2.05, 4.69) is 42.3 Å². The number of pyridine rings is 1. The molecule has 0 aliphatic carbocycles. The number of hydrogen-bond donors (Lipinski definition) is 3. The van der Waals surface area contributed by atoms with Crippen LogP contribution in [0.2, 0.25) is 0 Å². The molecule has 5 heterocycles. The van der Waals surface area contributed by atoms with Crippen molar-refractivity contribution in [2.45, 2.75) is 32.9 Å². The molecule has 1 aromatic carbocycles. The molecule has 42 heavy (non-hydrogen) atoms. The molecule has 0 unspecified atom stereocenters. The molecule has 12 nitrogen and oxygen atoms in total. The van der Waals surface area contributed by atoms with Crippen LogP contribution in [0.25, 0.3) is 16.4 Å². The number of aromatic nitrogens is 8. The number of nitrogens with one attached hydrogen (secondary N) is 2. The second-order valence-corrected chi connectivity index (χ2v) is 10.1. The first-order valence-corrected chi connectivity index (χ1v) is 13.3. The van der Waals surface area contributed by atoms with Crippen molar-refractivity contribution in [3.8, 4) is 11.8 Å². The quantitative estimate of drug-likeness (QED) is 0.265. The molecule has 0 aliphatic rings. The minimum absolute atomic E-state index is 0.0739. The summed E-state index contributed by atoms with van der Waals surface area (Å²) in [5.74, 6) is 5.89. The number of H-pyrrole nitrogens is 1. The van der Waals surface area contributed by atoms with Gasteiger partial charge in [0.1, 0.15) is 5.56 Å². The molecule has 0 saturated heterocycles. The second-order valence-electron chi connectivity index (χ2n) is 10.1. The van der Waals surface area contributed by atoms with Crippen LogP contribution in [0, 0.1) is 18.8 Å². The maximum atomic E-state index is 14.1. The summed E-state index contributed by atoms with van der Waals surface area (Å²) in [5.41, 5.74) is 10.1. The number of nitrogens with zero attached hydrogens (tertiary/aromatic N) is 7. The average molecular weight is 561 g/mol. The lowest BCUT2D eigenvalue weighted by Crippen LogP contribution is -2.33. The number of aromatic amines is 1. The molecule has 1 amide bonds. The van der Waals surface area contributed by atoms with Gasteiger partial charge in [0.25, 0.3) is 11.5 Å². The number of carbonyl (C=O) groups is 1. The minimum atomic E-state index is -0.555. The molecule has 1 atom stereocenters. The fraction of sp³-hybridized carbons (Fsp3) is 0.200. The number of nitrogen functional groups attached to an aromatic ring is 1. The van der Waals surface area contributed by atoms with Crippen LogP contribution in [-0.2, 0) is 20.0 Å². The predicted molar refractivity (Wildman–Crippen MR) is 158 cm³/mol. The van der Waals surface area contributed by atoms with Gasteiger partial charge in [0, 0.05) is 61.2 Å². The van der Waals surface area contributed by atoms with E-state index in [9.17, 15) is 9.59 Å². The van der Waals surface area contributed by atoms with Crippen molar-refractivity contribution < 1.29 is 4.79 Å². The monoisotopic (exact) mass is 560 g/mol. The van der Waals surface area contributed by atoms with Crippen molar-refractivity contribution in [1.29, 1.82) is 0 Å². The number of anilines is 1. The molecule has 4 N–H and O–H groups in total. The first-order valence-electron chi connectivity index (χ1n) is 13.3. The van der Waals surface area contributed by atoms with Crippen molar-refractivity contribution in [2.75, 3.05) is 5.73 Å². The van der Waals surface area contributed by atoms with Crippen LogP contribution in [0.15, 0.2) is 66.2 Å². The van der Waals surface area contributed by atoms with Gasteiger partial charge in [-0.2, -0.15) is 5.10 Å². The van der Waals surface area contributed by atoms with Crippen LogP contribution in [0.1, 0.15) is 51.5 Å². The molecule has 6 rings (SSSR count). The van der Waals surface area contributed by atoms with Gasteiger partial charge < -0.3 is 20.6 Å². The minimum Gasteiger partial charge on any atom is -0.381 e. The Kier molecular flexibility index (Phi) is 6.76. The molecular formula is C30H28N10O2. The molecule has 210 valence electrons. The number of imidazole rings is 1. The van der Waals surface area contributed by atoms with Gasteiger partial charge in [-0.3, -0.25) is 14.3 Å². The molecule has 5 aromatic heterocycles. The number of fused-ring (bicyclic) bond motifs is 2. The number of carbonyl (C=O) groups excluding carboxylic acids is 1. The van der Waals surface area contributed by atoms with Gasteiger partial charge in [-0.15, -0.1) is 5.10 Å². The Hall–Kier alpha value is -5.70. The average Bonchev–Trinajstić information content (AvgIpc) is 3.70. The van der Waals surface area contributed by atoms with Crippen molar-refractivity contribution >= 4 is 28.1 Å². The van der Waals surface area contributed by atoms with E-state index < -0.39 is 11.9 Å². The third-order valence-electron chi connectivity index (χ3n) is 7.05. The summed E-state index contributed by atoms with van der Waals surface area (Å²) in [6.45, 7) is 4.02. The second kappa shape index (κ2) is 10.7. The van der Waals surface area contributed by atoms with Gasteiger partial charge in [-0.1, -0.05) is 24.0 Å². The van der Waals surface area contributed by atoms with Crippen LogP contribution >= 0.6 is 0 Å². The van der Waals surface area contributed by atoms with Crippen molar-refractivity contribution in [1.82, 2.24) is 44.2 Å². The molecule has 6 aromatic rings. The van der Waals surface area contributed by atoms with Crippen LogP contribution < -0.4 is 16.6 Å². The predicted octanol–water partition coefficient (Wildman–Crippen LogP) is 2.52. The molecular weight excluding hydrogens is 532 g/mol. The highest BCUT2D eigenvalue weighted by molar-refractivity contribution is 6.04. The number of aryl methyl sites for hydroxylation is 3. The molecule has 0 radical (unpaired) electrons. The fourth-order valence-corrected chi connectivity index (χ4v) is 4.99. The zero-order valence-electron chi connectivity index (χ0n) is 23.3. The molecule has 0 aliphatic heterocycles. The smallest absolute Gasteiger partial charge is 0.259 e. The molecule has 0 saturated carbocycles. The van der Waals surface area contributed by atoms with Crippen LogP contribution in [0.3, 0.4) is 0 Å². The first kappa shape index (κ1) is 26.5. The molecule has 0 bridgehead atoms. The highest BCUT2D eigenvalue weighted by atomic mass is 16.2. The van der Waals surface area contributed by atoms with E-state index in [1.54, 1.807) is 40.2 Å². The van der Waals surface area contributed by atoms with E-state index in [1.807, 2.05) is 51.4 Å². The van der Waals surface area contributed by atoms with Crippen LogP contribution in [0.5, 0.6) is 0 Å². The number of benzene rings is 1. The summed E-state index contributed by atoms with van der Waals surface area (Å²) in [5, 5.41) is 12.6. The van der Waals surface area contributed by atoms with Crippen molar-refractivity contribution in [2.24, 2.45) is 7.05 Å². The third kappa shape index (κ3) is 4.99. The van der Waals surface area contributed by atoms with Gasteiger partial charge in [-0.25, -0.2) is 14.5 Å². The van der Waals surface area contributed by atoms with Gasteiger partial charge in [-0.05, 0) is 37.4 Å². The normalized spacial score (nSPS) is 11.9. The van der Waals surface area contributed by atoms with E-state index in [0.717, 1.165) is 22.3 Å². The van der Waals surface area contributed by atoms with E-state index in [0.29, 0.717) is 35.3 Å². The Morgan fingerprint density at radius 2 is 2.07 bits per heavy atom. The maximum Gasteiger partial charge on any atom is 0.259 e. The van der Waals surface area contributed by atoms with E-state index >= 15 is 0 Å². The Bertz CT molecular complexity index is 2070. The maximum absolute atomic E-state index is 14.1. The summed E-state index contributed by atoms with van der Waals surface area (Å²) in [4.78, 5) is 39.3. The Morgan fingerprint density at radius 3 is 2.83 bits per heavy atom. The lowest BCUT2D eigenvalue weighted by atomic mass is 10.0. The van der Waals surface area contributed by atoms with E-state index in [4.69, 9.17) is 5.73 Å². The molecule has 0 fully saturated rings. The standard InChI is InChI=1S/C30H28N10O2/c1-18-9-12-40-28(35-18)26(27(31)37-40)29(41)36-19(2)24-13-22-6-4-5-21(8-7-20-14-34-38(3)16-20)25(22)30(42)39(24)11-10-23-15-32-17-33-23/h4-6,9,12-17,19H,10-11H2,1-3H3,(H2,31,37)(H,32,33)(H,36,41)/t19-/m1/s1. The van der Waals surface area contributed by atoms with Crippen molar-refractivity contribution in [3.05, 3.63) is 106 Å². The number of hydrogen-bond acceptors (Lipinski definition) is 7. The van der Waals surface area contributed by atoms with Gasteiger partial charge in [0.05, 0.1) is 29.5 Å². The topological polar surface area (TPSA) is 154 Å². The van der Waals surface area contributed by atoms with Gasteiger partial charge in [0.15, 0.2) is 11.5 Å². The Morgan fingerprint density at radius 1 is 1.21 bits per heavy atom. The first-order chi connectivity index (χ1) is 20.3. The highest BCUT2D eigenvalue weighted by Crippen LogP contribution is 2.23. The zero-order valence-corrected chi connectivity index (χ0v) is 23.3. The molecule has 12 heteroatoms. The number of rotatable bonds is 6. The summed E-state index contributed by atoms with van der Waals surface area (Å²) >= 11 is 0. The Balaban J connectivity index is 1.42. The SMILES string of the molecule is Cc1ccn2nc(N)c(C(=O)N[C@H](C)c3cc4cccc(C#Cc5cnn(C)c5)c4c(=O)n3CCc3cnc[nH]3)c2n1. The number of amides is 1. The third-order valence-corrected chi connectivity index (χ3v) is 7.05. The summed E-state index contributed by atoms with van der Waals surface area (Å²) < 4.78 is 4.84. The summed E-state index contributed by atoms with van der Waals surface area (Å²) in [6, 6.07) is 8.73. The van der Waals surface area contributed by atoms with E-state index in [1.165, 1.54) is 4.52 Å². The summed E-state index contributed by atoms with van der Waals surface area (Å²) in [7, 11) is 1.82. The van der Waals surface area contributed by atoms with Crippen LogP contribution in [-0.4, -0.2) is 44.8 Å². The van der Waals surface area contributed by atoms with Gasteiger partial charge >= 0.3 is 0 Å². The van der Waals surface area contributed by atoms with Crippen molar-refractivity contribution in [3.63, 3.8) is 0 Å². The fourth-order valence-electron chi connectivity index (χ4n) is 4.99. The Labute approximate surface area is 240 Å². The lowest BCUT2D eigenvalue weighted by molar-refractivity contribution is 0.0940. The van der Waals surface area contributed by atoms with Crippen LogP contribution in [0.4, 0.5) is 5.82 Å². The number of nitrogens with two attached hydrogens (primary N) is 1. The summed E-state index contributed by atoms with van der Waals surface area (Å²) in [6.07, 6.45) is 9.06. The molecule has 0 spiro atoms.